The van der Waals surface area contributed by atoms with E-state index < -0.39 is 0 Å². The maximum atomic E-state index is 5.73. The largest absolute Gasteiger partial charge is 0.492 e. The third kappa shape index (κ3) is 5.71. The Morgan fingerprint density at radius 3 is 2.88 bits per heavy atom. The molecular weight excluding hydrogens is 214 g/mol. The first-order chi connectivity index (χ1) is 8.26. The molecule has 0 heterocycles. The van der Waals surface area contributed by atoms with Crippen molar-refractivity contribution in [2.45, 2.75) is 32.9 Å². The second kappa shape index (κ2) is 8.09. The van der Waals surface area contributed by atoms with Gasteiger partial charge in [0.2, 0.25) is 0 Å². The van der Waals surface area contributed by atoms with Crippen molar-refractivity contribution in [1.29, 1.82) is 0 Å². The van der Waals surface area contributed by atoms with E-state index >= 15 is 0 Å². The number of ether oxygens (including phenoxy) is 2. The summed E-state index contributed by atoms with van der Waals surface area (Å²) in [6.45, 7) is 6.65. The van der Waals surface area contributed by atoms with E-state index in [1.807, 2.05) is 24.3 Å². The highest BCUT2D eigenvalue weighted by atomic mass is 16.5. The lowest BCUT2D eigenvalue weighted by Gasteiger charge is -2.14. The van der Waals surface area contributed by atoms with Gasteiger partial charge in [0.1, 0.15) is 12.4 Å². The summed E-state index contributed by atoms with van der Waals surface area (Å²) in [5.74, 6) is 0.907. The second-order valence-corrected chi connectivity index (χ2v) is 4.25. The van der Waals surface area contributed by atoms with Crippen molar-refractivity contribution < 1.29 is 9.47 Å². The molecule has 1 rings (SSSR count). The van der Waals surface area contributed by atoms with Crippen molar-refractivity contribution in [2.24, 2.45) is 0 Å². The fourth-order valence-electron chi connectivity index (χ4n) is 1.56. The minimum atomic E-state index is 0.376. The van der Waals surface area contributed by atoms with Gasteiger partial charge in [-0.05, 0) is 37.6 Å². The predicted molar refractivity (Wildman–Crippen MR) is 70.4 cm³/mol. The third-order valence-corrected chi connectivity index (χ3v) is 2.45. The van der Waals surface area contributed by atoms with Gasteiger partial charge in [0, 0.05) is 13.2 Å². The average molecular weight is 237 g/mol. The number of hydrogen-bond donors (Lipinski definition) is 1. The van der Waals surface area contributed by atoms with Crippen LogP contribution in [-0.2, 0) is 11.3 Å². The van der Waals surface area contributed by atoms with Crippen LogP contribution in [0.4, 0.5) is 0 Å². The van der Waals surface area contributed by atoms with E-state index in [4.69, 9.17) is 9.47 Å². The van der Waals surface area contributed by atoms with Gasteiger partial charge in [-0.2, -0.15) is 0 Å². The molecular formula is C14H23NO2. The molecule has 0 amide bonds. The fraction of sp³-hybridized carbons (Fsp3) is 0.571. The molecule has 0 radical (unpaired) electrons. The molecule has 96 valence electrons. The van der Waals surface area contributed by atoms with E-state index in [1.54, 1.807) is 7.11 Å². The van der Waals surface area contributed by atoms with E-state index in [9.17, 15) is 0 Å². The molecule has 0 aliphatic rings. The van der Waals surface area contributed by atoms with Crippen LogP contribution in [0, 0.1) is 0 Å². The molecule has 1 N–H and O–H groups in total. The zero-order chi connectivity index (χ0) is 12.5. The van der Waals surface area contributed by atoms with E-state index in [-0.39, 0.29) is 0 Å². The minimum absolute atomic E-state index is 0.376. The number of methoxy groups -OCH3 is 1. The van der Waals surface area contributed by atoms with E-state index in [2.05, 4.69) is 19.2 Å². The monoisotopic (exact) mass is 237 g/mol. The molecule has 0 aromatic heterocycles. The number of hydrogen-bond acceptors (Lipinski definition) is 3. The van der Waals surface area contributed by atoms with Crippen LogP contribution in [0.5, 0.6) is 5.75 Å². The van der Waals surface area contributed by atoms with E-state index in [0.29, 0.717) is 19.3 Å². The molecule has 1 aromatic carbocycles. The normalized spacial score (nSPS) is 12.4. The average Bonchev–Trinajstić information content (AvgIpc) is 2.35. The Hall–Kier alpha value is -1.06. The topological polar surface area (TPSA) is 30.5 Å². The van der Waals surface area contributed by atoms with Crippen molar-refractivity contribution in [1.82, 2.24) is 5.32 Å². The lowest BCUT2D eigenvalue weighted by atomic mass is 10.2. The summed E-state index contributed by atoms with van der Waals surface area (Å²) in [6, 6.07) is 8.41. The van der Waals surface area contributed by atoms with Gasteiger partial charge in [0.15, 0.2) is 0 Å². The number of rotatable bonds is 8. The summed E-state index contributed by atoms with van der Waals surface area (Å²) < 4.78 is 10.8. The molecule has 0 bridgehead atoms. The first-order valence-corrected chi connectivity index (χ1v) is 6.20. The van der Waals surface area contributed by atoms with E-state index in [1.165, 1.54) is 0 Å². The van der Waals surface area contributed by atoms with Crippen LogP contribution in [0.15, 0.2) is 24.3 Å². The maximum absolute atomic E-state index is 5.73. The third-order valence-electron chi connectivity index (χ3n) is 2.45. The molecule has 0 fully saturated rings. The summed E-state index contributed by atoms with van der Waals surface area (Å²) in [5.41, 5.74) is 1.14. The molecule has 17 heavy (non-hydrogen) atoms. The van der Waals surface area contributed by atoms with Crippen LogP contribution >= 0.6 is 0 Å². The SMILES string of the molecule is CCCNC(C)COc1cccc(COC)c1. The molecule has 1 unspecified atom stereocenters. The standard InChI is InChI=1S/C14H23NO2/c1-4-8-15-12(2)10-17-14-7-5-6-13(9-14)11-16-3/h5-7,9,12,15H,4,8,10-11H2,1-3H3. The Bertz CT molecular complexity index is 315. The van der Waals surface area contributed by atoms with Crippen LogP contribution in [-0.4, -0.2) is 26.3 Å². The van der Waals surface area contributed by atoms with Gasteiger partial charge in [-0.1, -0.05) is 19.1 Å². The highest BCUT2D eigenvalue weighted by Crippen LogP contribution is 2.14. The predicted octanol–water partition coefficient (Wildman–Crippen LogP) is 2.60. The maximum Gasteiger partial charge on any atom is 0.119 e. The summed E-state index contributed by atoms with van der Waals surface area (Å²) in [5, 5.41) is 3.39. The molecule has 1 aromatic rings. The van der Waals surface area contributed by atoms with Gasteiger partial charge in [0.05, 0.1) is 6.61 Å². The lowest BCUT2D eigenvalue weighted by Crippen LogP contribution is -2.32. The molecule has 3 nitrogen and oxygen atoms in total. The van der Waals surface area contributed by atoms with Gasteiger partial charge >= 0.3 is 0 Å². The molecule has 0 aliphatic carbocycles. The quantitative estimate of drug-likeness (QED) is 0.754. The summed E-state index contributed by atoms with van der Waals surface area (Å²) in [6.07, 6.45) is 1.15. The van der Waals surface area contributed by atoms with Crippen molar-refractivity contribution in [3.8, 4) is 5.75 Å². The van der Waals surface area contributed by atoms with Crippen LogP contribution in [0.2, 0.25) is 0 Å². The zero-order valence-electron chi connectivity index (χ0n) is 11.0. The van der Waals surface area contributed by atoms with Crippen molar-refractivity contribution in [2.75, 3.05) is 20.3 Å². The Labute approximate surface area is 104 Å². The minimum Gasteiger partial charge on any atom is -0.492 e. The van der Waals surface area contributed by atoms with Crippen molar-refractivity contribution in [3.63, 3.8) is 0 Å². The molecule has 0 saturated carbocycles. The summed E-state index contributed by atoms with van der Waals surface area (Å²) in [4.78, 5) is 0. The Kier molecular flexibility index (Phi) is 6.67. The van der Waals surface area contributed by atoms with Gasteiger partial charge in [0.25, 0.3) is 0 Å². The van der Waals surface area contributed by atoms with Gasteiger partial charge in [-0.15, -0.1) is 0 Å². The highest BCUT2D eigenvalue weighted by Gasteiger charge is 2.02. The lowest BCUT2D eigenvalue weighted by molar-refractivity contribution is 0.184. The molecule has 1 atom stereocenters. The molecule has 0 spiro atoms. The van der Waals surface area contributed by atoms with Gasteiger partial charge in [-0.25, -0.2) is 0 Å². The number of benzene rings is 1. The Morgan fingerprint density at radius 2 is 2.18 bits per heavy atom. The summed E-state index contributed by atoms with van der Waals surface area (Å²) in [7, 11) is 1.70. The molecule has 0 aliphatic heterocycles. The van der Waals surface area contributed by atoms with Crippen LogP contribution in [0.1, 0.15) is 25.8 Å². The zero-order valence-corrected chi connectivity index (χ0v) is 11.0. The van der Waals surface area contributed by atoms with E-state index in [0.717, 1.165) is 24.3 Å². The smallest absolute Gasteiger partial charge is 0.119 e. The van der Waals surface area contributed by atoms with Gasteiger partial charge < -0.3 is 14.8 Å². The first-order valence-electron chi connectivity index (χ1n) is 6.20. The van der Waals surface area contributed by atoms with Crippen molar-refractivity contribution >= 4 is 0 Å². The van der Waals surface area contributed by atoms with Gasteiger partial charge in [-0.3, -0.25) is 0 Å². The molecule has 0 saturated heterocycles. The first kappa shape index (κ1) is 14.0. The second-order valence-electron chi connectivity index (χ2n) is 4.25. The fourth-order valence-corrected chi connectivity index (χ4v) is 1.56. The Morgan fingerprint density at radius 1 is 1.35 bits per heavy atom. The van der Waals surface area contributed by atoms with Crippen LogP contribution < -0.4 is 10.1 Å². The Balaban J connectivity index is 2.37. The number of nitrogens with one attached hydrogen (secondary N) is 1. The van der Waals surface area contributed by atoms with Crippen molar-refractivity contribution in [3.05, 3.63) is 29.8 Å². The summed E-state index contributed by atoms with van der Waals surface area (Å²) >= 11 is 0. The van der Waals surface area contributed by atoms with Crippen LogP contribution in [0.3, 0.4) is 0 Å². The molecule has 3 heteroatoms. The van der Waals surface area contributed by atoms with Crippen LogP contribution in [0.25, 0.3) is 0 Å². The highest BCUT2D eigenvalue weighted by molar-refractivity contribution is 5.28.